The topological polar surface area (TPSA) is 67.9 Å². The van der Waals surface area contributed by atoms with Crippen molar-refractivity contribution in [1.82, 2.24) is 4.90 Å². The van der Waals surface area contributed by atoms with Gasteiger partial charge in [-0.1, -0.05) is 25.1 Å². The number of benzene rings is 2. The van der Waals surface area contributed by atoms with Gasteiger partial charge in [-0.05, 0) is 36.8 Å². The molecule has 0 saturated heterocycles. The van der Waals surface area contributed by atoms with Gasteiger partial charge < -0.3 is 19.7 Å². The molecular weight excluding hydrogens is 401 g/mol. The normalized spacial score (nSPS) is 11.0. The molecule has 162 valence electrons. The molecule has 0 atom stereocenters. The van der Waals surface area contributed by atoms with Crippen molar-refractivity contribution in [2.24, 2.45) is 0 Å². The number of hydrogen-bond acceptors (Lipinski definition) is 4. The Morgan fingerprint density at radius 1 is 1.10 bits per heavy atom. The van der Waals surface area contributed by atoms with Gasteiger partial charge in [0.1, 0.15) is 11.5 Å². The number of anilines is 1. The number of amides is 2. The van der Waals surface area contributed by atoms with Crippen LogP contribution in [-0.2, 0) is 15.8 Å². The smallest absolute Gasteiger partial charge is 0.416 e. The standard InChI is InChI=1S/C21H23F3N2O4/c1-3-11-26(13-19(27)25-17-9-4-5-10-18(17)29-2)20(28)14-30-16-8-6-7-15(12-16)21(22,23)24/h4-10,12H,3,11,13-14H2,1-2H3,(H,25,27). The molecule has 0 radical (unpaired) electrons. The average Bonchev–Trinajstić information content (AvgIpc) is 2.71. The van der Waals surface area contributed by atoms with E-state index in [1.54, 1.807) is 24.3 Å². The van der Waals surface area contributed by atoms with Gasteiger partial charge in [-0.25, -0.2) is 0 Å². The Morgan fingerprint density at radius 3 is 2.50 bits per heavy atom. The van der Waals surface area contributed by atoms with Crippen LogP contribution in [0.4, 0.5) is 18.9 Å². The molecule has 0 aliphatic rings. The van der Waals surface area contributed by atoms with E-state index in [9.17, 15) is 22.8 Å². The Balaban J connectivity index is 1.98. The molecule has 0 saturated carbocycles. The Kier molecular flexibility index (Phi) is 8.08. The zero-order valence-corrected chi connectivity index (χ0v) is 16.7. The molecule has 0 aliphatic heterocycles. The summed E-state index contributed by atoms with van der Waals surface area (Å²) in [6, 6.07) is 11.1. The lowest BCUT2D eigenvalue weighted by atomic mass is 10.2. The third-order valence-electron chi connectivity index (χ3n) is 4.09. The first-order chi connectivity index (χ1) is 14.2. The van der Waals surface area contributed by atoms with Crippen LogP contribution in [0.15, 0.2) is 48.5 Å². The van der Waals surface area contributed by atoms with Crippen LogP contribution in [0.25, 0.3) is 0 Å². The first-order valence-electron chi connectivity index (χ1n) is 9.25. The van der Waals surface area contributed by atoms with Crippen LogP contribution in [-0.4, -0.2) is 43.5 Å². The number of methoxy groups -OCH3 is 1. The average molecular weight is 424 g/mol. The summed E-state index contributed by atoms with van der Waals surface area (Å²) in [6.45, 7) is 1.43. The maximum absolute atomic E-state index is 12.8. The molecule has 0 spiro atoms. The molecule has 0 heterocycles. The highest BCUT2D eigenvalue weighted by Gasteiger charge is 2.30. The molecule has 30 heavy (non-hydrogen) atoms. The lowest BCUT2D eigenvalue weighted by Crippen LogP contribution is -2.41. The Labute approximate surface area is 172 Å². The van der Waals surface area contributed by atoms with E-state index in [1.165, 1.54) is 24.1 Å². The van der Waals surface area contributed by atoms with E-state index < -0.39 is 30.2 Å². The number of halogens is 3. The zero-order valence-electron chi connectivity index (χ0n) is 16.7. The number of carbonyl (C=O) groups excluding carboxylic acids is 2. The number of para-hydroxylation sites is 2. The van der Waals surface area contributed by atoms with Crippen LogP contribution in [0.2, 0.25) is 0 Å². The molecule has 6 nitrogen and oxygen atoms in total. The van der Waals surface area contributed by atoms with Gasteiger partial charge in [-0.2, -0.15) is 13.2 Å². The van der Waals surface area contributed by atoms with E-state index in [4.69, 9.17) is 9.47 Å². The van der Waals surface area contributed by atoms with Gasteiger partial charge >= 0.3 is 6.18 Å². The molecule has 2 rings (SSSR count). The van der Waals surface area contributed by atoms with Gasteiger partial charge in [-0.15, -0.1) is 0 Å². The highest BCUT2D eigenvalue weighted by Crippen LogP contribution is 2.31. The minimum absolute atomic E-state index is 0.0758. The zero-order chi connectivity index (χ0) is 22.1. The molecule has 0 unspecified atom stereocenters. The molecule has 0 aromatic heterocycles. The Bertz CT molecular complexity index is 871. The van der Waals surface area contributed by atoms with Crippen molar-refractivity contribution in [3.8, 4) is 11.5 Å². The number of hydrogen-bond donors (Lipinski definition) is 1. The number of carbonyl (C=O) groups is 2. The molecule has 0 bridgehead atoms. The second-order valence-corrected chi connectivity index (χ2v) is 6.38. The summed E-state index contributed by atoms with van der Waals surface area (Å²) in [5, 5.41) is 2.68. The van der Waals surface area contributed by atoms with Crippen molar-refractivity contribution in [1.29, 1.82) is 0 Å². The van der Waals surface area contributed by atoms with Gasteiger partial charge in [0.2, 0.25) is 5.91 Å². The van der Waals surface area contributed by atoms with E-state index in [0.717, 1.165) is 12.1 Å². The molecule has 2 aromatic carbocycles. The molecule has 2 amide bonds. The minimum atomic E-state index is -4.51. The summed E-state index contributed by atoms with van der Waals surface area (Å²) in [6.07, 6.45) is -3.91. The van der Waals surface area contributed by atoms with Crippen LogP contribution in [0.3, 0.4) is 0 Å². The fourth-order valence-electron chi connectivity index (χ4n) is 2.67. The summed E-state index contributed by atoms with van der Waals surface area (Å²) in [7, 11) is 1.48. The summed E-state index contributed by atoms with van der Waals surface area (Å²) in [5.74, 6) is -0.537. The van der Waals surface area contributed by atoms with E-state index in [-0.39, 0.29) is 12.3 Å². The largest absolute Gasteiger partial charge is 0.495 e. The van der Waals surface area contributed by atoms with Gasteiger partial charge in [0.05, 0.1) is 24.9 Å². The van der Waals surface area contributed by atoms with E-state index in [0.29, 0.717) is 24.4 Å². The Morgan fingerprint density at radius 2 is 1.83 bits per heavy atom. The molecule has 9 heteroatoms. The lowest BCUT2D eigenvalue weighted by molar-refractivity contribution is -0.137. The highest BCUT2D eigenvalue weighted by molar-refractivity contribution is 5.95. The first-order valence-corrected chi connectivity index (χ1v) is 9.25. The third kappa shape index (κ3) is 6.68. The lowest BCUT2D eigenvalue weighted by Gasteiger charge is -2.22. The van der Waals surface area contributed by atoms with Gasteiger partial charge in [0, 0.05) is 6.54 Å². The maximum atomic E-state index is 12.8. The van der Waals surface area contributed by atoms with Gasteiger partial charge in [0.15, 0.2) is 6.61 Å². The fraction of sp³-hybridized carbons (Fsp3) is 0.333. The summed E-state index contributed by atoms with van der Waals surface area (Å²) in [5.41, 5.74) is -0.400. The van der Waals surface area contributed by atoms with Crippen LogP contribution in [0.5, 0.6) is 11.5 Å². The van der Waals surface area contributed by atoms with Crippen molar-refractivity contribution in [2.45, 2.75) is 19.5 Å². The quantitative estimate of drug-likeness (QED) is 0.662. The monoisotopic (exact) mass is 424 g/mol. The number of alkyl halides is 3. The van der Waals surface area contributed by atoms with Gasteiger partial charge in [0.25, 0.3) is 5.91 Å². The van der Waals surface area contributed by atoms with Crippen molar-refractivity contribution in [3.63, 3.8) is 0 Å². The predicted octanol–water partition coefficient (Wildman–Crippen LogP) is 3.97. The SMILES string of the molecule is CCCN(CC(=O)Nc1ccccc1OC)C(=O)COc1cccc(C(F)(F)F)c1. The second-order valence-electron chi connectivity index (χ2n) is 6.38. The van der Waals surface area contributed by atoms with E-state index in [2.05, 4.69) is 5.32 Å². The van der Waals surface area contributed by atoms with Crippen molar-refractivity contribution < 1.29 is 32.2 Å². The predicted molar refractivity (Wildman–Crippen MR) is 105 cm³/mol. The van der Waals surface area contributed by atoms with Crippen molar-refractivity contribution in [2.75, 3.05) is 32.1 Å². The third-order valence-corrected chi connectivity index (χ3v) is 4.09. The van der Waals surface area contributed by atoms with E-state index >= 15 is 0 Å². The van der Waals surface area contributed by atoms with Crippen LogP contribution in [0.1, 0.15) is 18.9 Å². The summed E-state index contributed by atoms with van der Waals surface area (Å²) in [4.78, 5) is 26.1. The number of nitrogens with one attached hydrogen (secondary N) is 1. The summed E-state index contributed by atoms with van der Waals surface area (Å²) < 4.78 is 48.8. The molecule has 0 fully saturated rings. The number of ether oxygens (including phenoxy) is 2. The first kappa shape index (κ1) is 23.1. The van der Waals surface area contributed by atoms with Gasteiger partial charge in [-0.3, -0.25) is 9.59 Å². The molecule has 1 N–H and O–H groups in total. The number of rotatable bonds is 9. The van der Waals surface area contributed by atoms with E-state index in [1.807, 2.05) is 6.92 Å². The molecule has 0 aliphatic carbocycles. The Hall–Kier alpha value is -3.23. The van der Waals surface area contributed by atoms with Crippen molar-refractivity contribution >= 4 is 17.5 Å². The highest BCUT2D eigenvalue weighted by atomic mass is 19.4. The van der Waals surface area contributed by atoms with Crippen LogP contribution < -0.4 is 14.8 Å². The van der Waals surface area contributed by atoms with Crippen LogP contribution >= 0.6 is 0 Å². The second kappa shape index (κ2) is 10.5. The summed E-state index contributed by atoms with van der Waals surface area (Å²) >= 11 is 0. The molecule has 2 aromatic rings. The number of nitrogens with zero attached hydrogens (tertiary/aromatic N) is 1. The van der Waals surface area contributed by atoms with Crippen molar-refractivity contribution in [3.05, 3.63) is 54.1 Å². The maximum Gasteiger partial charge on any atom is 0.416 e. The molecular formula is C21H23F3N2O4. The van der Waals surface area contributed by atoms with Crippen LogP contribution in [0, 0.1) is 0 Å². The fourth-order valence-corrected chi connectivity index (χ4v) is 2.67. The minimum Gasteiger partial charge on any atom is -0.495 e.